The maximum Gasteiger partial charge on any atom is 0.333 e. The van der Waals surface area contributed by atoms with E-state index in [9.17, 15) is 9.90 Å². The molecule has 2 rings (SSSR count). The van der Waals surface area contributed by atoms with Crippen molar-refractivity contribution >= 4 is 17.1 Å². The lowest BCUT2D eigenvalue weighted by Gasteiger charge is -1.92. The fourth-order valence-electron chi connectivity index (χ4n) is 1.00. The SMILES string of the molecule is O=c1[nH]c(O)c2c(Cl)nccn12. The van der Waals surface area contributed by atoms with E-state index >= 15 is 0 Å². The molecule has 0 saturated heterocycles. The average molecular weight is 186 g/mol. The van der Waals surface area contributed by atoms with Crippen LogP contribution in [0.1, 0.15) is 0 Å². The lowest BCUT2D eigenvalue weighted by molar-refractivity contribution is 0.461. The molecule has 12 heavy (non-hydrogen) atoms. The molecule has 0 atom stereocenters. The highest BCUT2D eigenvalue weighted by molar-refractivity contribution is 6.32. The summed E-state index contributed by atoms with van der Waals surface area (Å²) in [5.41, 5.74) is -0.240. The van der Waals surface area contributed by atoms with Crippen LogP contribution in [0.15, 0.2) is 17.2 Å². The number of H-pyrrole nitrogens is 1. The molecule has 6 heteroatoms. The van der Waals surface area contributed by atoms with E-state index in [-0.39, 0.29) is 16.5 Å². The van der Waals surface area contributed by atoms with E-state index in [1.807, 2.05) is 0 Å². The molecule has 0 aliphatic rings. The maximum absolute atomic E-state index is 11.0. The third-order valence-electron chi connectivity index (χ3n) is 1.51. The standard InChI is InChI=1S/C6H4ClN3O2/c7-4-3-5(11)9-6(12)10(3)2-1-8-4/h1-2,11H,(H,9,12). The second kappa shape index (κ2) is 2.25. The van der Waals surface area contributed by atoms with Crippen molar-refractivity contribution in [2.24, 2.45) is 0 Å². The van der Waals surface area contributed by atoms with Gasteiger partial charge in [0.2, 0.25) is 5.88 Å². The van der Waals surface area contributed by atoms with Crippen molar-refractivity contribution in [2.75, 3.05) is 0 Å². The summed E-state index contributed by atoms with van der Waals surface area (Å²) in [4.78, 5) is 16.9. The van der Waals surface area contributed by atoms with Crippen molar-refractivity contribution in [3.8, 4) is 5.88 Å². The Labute approximate surface area is 71.2 Å². The smallest absolute Gasteiger partial charge is 0.333 e. The molecule has 2 aromatic rings. The van der Waals surface area contributed by atoms with Gasteiger partial charge < -0.3 is 5.11 Å². The number of rotatable bonds is 0. The van der Waals surface area contributed by atoms with E-state index in [0.29, 0.717) is 0 Å². The normalized spacial score (nSPS) is 10.8. The first-order chi connectivity index (χ1) is 5.70. The van der Waals surface area contributed by atoms with Gasteiger partial charge in [-0.2, -0.15) is 0 Å². The first-order valence-corrected chi connectivity index (χ1v) is 3.52. The maximum atomic E-state index is 11.0. The highest BCUT2D eigenvalue weighted by atomic mass is 35.5. The fraction of sp³-hybridized carbons (Fsp3) is 0. The van der Waals surface area contributed by atoms with Crippen LogP contribution in [0.25, 0.3) is 5.52 Å². The zero-order valence-corrected chi connectivity index (χ0v) is 6.54. The highest BCUT2D eigenvalue weighted by Gasteiger charge is 2.08. The van der Waals surface area contributed by atoms with Gasteiger partial charge >= 0.3 is 5.69 Å². The number of nitrogens with one attached hydrogen (secondary N) is 1. The van der Waals surface area contributed by atoms with Gasteiger partial charge in [0.15, 0.2) is 5.15 Å². The third-order valence-corrected chi connectivity index (χ3v) is 1.78. The van der Waals surface area contributed by atoms with Gasteiger partial charge in [-0.3, -0.25) is 9.38 Å². The minimum Gasteiger partial charge on any atom is -0.493 e. The van der Waals surface area contributed by atoms with E-state index in [4.69, 9.17) is 11.6 Å². The number of halogens is 1. The number of imidazole rings is 1. The van der Waals surface area contributed by atoms with E-state index in [1.54, 1.807) is 0 Å². The Hall–Kier alpha value is -1.49. The molecular formula is C6H4ClN3O2. The van der Waals surface area contributed by atoms with Gasteiger partial charge in [-0.15, -0.1) is 0 Å². The van der Waals surface area contributed by atoms with Gasteiger partial charge in [-0.1, -0.05) is 11.6 Å². The van der Waals surface area contributed by atoms with Crippen LogP contribution in [-0.4, -0.2) is 19.5 Å². The second-order valence-electron chi connectivity index (χ2n) is 2.22. The molecule has 0 amide bonds. The Bertz CT molecular complexity index is 487. The second-order valence-corrected chi connectivity index (χ2v) is 2.57. The van der Waals surface area contributed by atoms with Crippen molar-refractivity contribution in [1.82, 2.24) is 14.4 Å². The molecule has 0 radical (unpaired) electrons. The van der Waals surface area contributed by atoms with Gasteiger partial charge in [-0.05, 0) is 0 Å². The Kier molecular flexibility index (Phi) is 1.34. The third kappa shape index (κ3) is 0.799. The zero-order valence-electron chi connectivity index (χ0n) is 5.78. The largest absolute Gasteiger partial charge is 0.493 e. The van der Waals surface area contributed by atoms with Crippen LogP contribution >= 0.6 is 11.6 Å². The van der Waals surface area contributed by atoms with Crippen molar-refractivity contribution in [3.63, 3.8) is 0 Å². The minimum absolute atomic E-state index is 0.0911. The summed E-state index contributed by atoms with van der Waals surface area (Å²) >= 11 is 5.62. The Morgan fingerprint density at radius 1 is 1.67 bits per heavy atom. The summed E-state index contributed by atoms with van der Waals surface area (Å²) in [7, 11) is 0. The highest BCUT2D eigenvalue weighted by Crippen LogP contribution is 2.19. The number of fused-ring (bicyclic) bond motifs is 1. The Morgan fingerprint density at radius 2 is 2.42 bits per heavy atom. The number of nitrogens with zero attached hydrogens (tertiary/aromatic N) is 2. The van der Waals surface area contributed by atoms with Gasteiger partial charge in [0.05, 0.1) is 0 Å². The summed E-state index contributed by atoms with van der Waals surface area (Å²) in [5.74, 6) is -0.266. The molecule has 2 N–H and O–H groups in total. The van der Waals surface area contributed by atoms with Gasteiger partial charge in [0.1, 0.15) is 5.52 Å². The van der Waals surface area contributed by atoms with Crippen LogP contribution in [-0.2, 0) is 0 Å². The molecule has 62 valence electrons. The lowest BCUT2D eigenvalue weighted by atomic mass is 10.5. The molecule has 0 fully saturated rings. The van der Waals surface area contributed by atoms with Crippen LogP contribution in [0.2, 0.25) is 5.15 Å². The average Bonchev–Trinajstić information content (AvgIpc) is 2.29. The summed E-state index contributed by atoms with van der Waals surface area (Å²) in [6.45, 7) is 0. The molecule has 0 aromatic carbocycles. The van der Waals surface area contributed by atoms with Crippen LogP contribution < -0.4 is 5.69 Å². The molecule has 5 nitrogen and oxygen atoms in total. The molecule has 2 heterocycles. The predicted octanol–water partition coefficient (Wildman–Crippen LogP) is 0.382. The van der Waals surface area contributed by atoms with E-state index in [0.717, 1.165) is 0 Å². The molecule has 0 aliphatic heterocycles. The van der Waals surface area contributed by atoms with Gasteiger partial charge in [0, 0.05) is 12.4 Å². The molecule has 0 aliphatic carbocycles. The van der Waals surface area contributed by atoms with Crippen LogP contribution in [0.5, 0.6) is 5.88 Å². The van der Waals surface area contributed by atoms with Crippen molar-refractivity contribution in [3.05, 3.63) is 28.0 Å². The van der Waals surface area contributed by atoms with E-state index < -0.39 is 5.69 Å². The number of hydrogen-bond acceptors (Lipinski definition) is 3. The van der Waals surface area contributed by atoms with Gasteiger partial charge in [-0.25, -0.2) is 9.78 Å². The topological polar surface area (TPSA) is 70.4 Å². The Morgan fingerprint density at radius 3 is 3.08 bits per heavy atom. The number of hydrogen-bond donors (Lipinski definition) is 2. The number of aromatic nitrogens is 3. The Balaban J connectivity index is 3.09. The van der Waals surface area contributed by atoms with Crippen molar-refractivity contribution < 1.29 is 5.11 Å². The van der Waals surface area contributed by atoms with Crippen LogP contribution in [0.3, 0.4) is 0 Å². The van der Waals surface area contributed by atoms with Crippen LogP contribution in [0, 0.1) is 0 Å². The lowest BCUT2D eigenvalue weighted by Crippen LogP contribution is -2.08. The molecule has 0 unspecified atom stereocenters. The minimum atomic E-state index is -0.438. The zero-order chi connectivity index (χ0) is 8.72. The molecule has 0 saturated carbocycles. The van der Waals surface area contributed by atoms with E-state index in [1.165, 1.54) is 16.8 Å². The van der Waals surface area contributed by atoms with Crippen molar-refractivity contribution in [2.45, 2.75) is 0 Å². The first-order valence-electron chi connectivity index (χ1n) is 3.14. The predicted molar refractivity (Wildman–Crippen MR) is 42.5 cm³/mol. The van der Waals surface area contributed by atoms with Crippen molar-refractivity contribution in [1.29, 1.82) is 0 Å². The molecule has 2 aromatic heterocycles. The van der Waals surface area contributed by atoms with E-state index in [2.05, 4.69) is 9.97 Å². The number of aromatic hydroxyl groups is 1. The first kappa shape index (κ1) is 7.17. The monoisotopic (exact) mass is 185 g/mol. The molecule has 0 bridgehead atoms. The summed E-state index contributed by atoms with van der Waals surface area (Å²) in [6, 6.07) is 0. The van der Waals surface area contributed by atoms with Crippen LogP contribution in [0.4, 0.5) is 0 Å². The molecular weight excluding hydrogens is 182 g/mol. The number of aromatic amines is 1. The summed E-state index contributed by atoms with van der Waals surface area (Å²) in [6.07, 6.45) is 2.80. The summed E-state index contributed by atoms with van der Waals surface area (Å²) in [5, 5.41) is 9.26. The molecule has 0 spiro atoms. The fourth-order valence-corrected chi connectivity index (χ4v) is 1.24. The quantitative estimate of drug-likeness (QED) is 0.624. The summed E-state index contributed by atoms with van der Waals surface area (Å²) < 4.78 is 1.19. The van der Waals surface area contributed by atoms with Gasteiger partial charge in [0.25, 0.3) is 0 Å².